The first-order valence-corrected chi connectivity index (χ1v) is 7.29. The highest BCUT2D eigenvalue weighted by molar-refractivity contribution is 5.36. The van der Waals surface area contributed by atoms with Gasteiger partial charge >= 0.3 is 0 Å². The van der Waals surface area contributed by atoms with Gasteiger partial charge in [0.25, 0.3) is 0 Å². The average molecular weight is 291 g/mol. The van der Waals surface area contributed by atoms with Gasteiger partial charge in [0.2, 0.25) is 0 Å². The largest absolute Gasteiger partial charge is 0.487 e. The molecule has 5 heteroatoms. The van der Waals surface area contributed by atoms with Crippen molar-refractivity contribution in [2.45, 2.75) is 37.4 Å². The Morgan fingerprint density at radius 2 is 2.10 bits per heavy atom. The third-order valence-electron chi connectivity index (χ3n) is 4.21. The molecule has 1 spiro atoms. The Labute approximate surface area is 123 Å². The molecule has 0 amide bonds. The first kappa shape index (κ1) is 14.3. The molecule has 112 valence electrons. The van der Waals surface area contributed by atoms with Crippen LogP contribution >= 0.6 is 0 Å². The Kier molecular flexibility index (Phi) is 4.09. The van der Waals surface area contributed by atoms with Gasteiger partial charge in [0.15, 0.2) is 11.6 Å². The van der Waals surface area contributed by atoms with E-state index in [1.54, 1.807) is 6.07 Å². The second kappa shape index (κ2) is 6.00. The van der Waals surface area contributed by atoms with Gasteiger partial charge in [-0.05, 0) is 31.0 Å². The summed E-state index contributed by atoms with van der Waals surface area (Å²) >= 11 is 0. The summed E-state index contributed by atoms with van der Waals surface area (Å²) in [4.78, 5) is 0. The lowest BCUT2D eigenvalue weighted by Crippen LogP contribution is -2.47. The minimum Gasteiger partial charge on any atom is -0.487 e. The van der Waals surface area contributed by atoms with Crippen LogP contribution in [0.4, 0.5) is 4.39 Å². The Balaban J connectivity index is 1.68. The van der Waals surface area contributed by atoms with Crippen LogP contribution < -0.4 is 4.74 Å². The second-order valence-electron chi connectivity index (χ2n) is 5.63. The molecule has 0 aromatic heterocycles. The fourth-order valence-corrected chi connectivity index (χ4v) is 3.02. The van der Waals surface area contributed by atoms with Crippen molar-refractivity contribution < 1.29 is 18.6 Å². The van der Waals surface area contributed by atoms with Gasteiger partial charge in [-0.15, -0.1) is 0 Å². The summed E-state index contributed by atoms with van der Waals surface area (Å²) in [6.45, 7) is 2.04. The number of ether oxygens (including phenoxy) is 3. The summed E-state index contributed by atoms with van der Waals surface area (Å²) in [6, 6.07) is 6.22. The van der Waals surface area contributed by atoms with Gasteiger partial charge in [-0.1, -0.05) is 0 Å². The molecule has 0 radical (unpaired) electrons. The third-order valence-corrected chi connectivity index (χ3v) is 4.21. The lowest BCUT2D eigenvalue weighted by Gasteiger charge is -2.43. The van der Waals surface area contributed by atoms with E-state index >= 15 is 0 Å². The fraction of sp³-hybridized carbons (Fsp3) is 0.562. The van der Waals surface area contributed by atoms with Crippen LogP contribution in [0.15, 0.2) is 18.2 Å². The van der Waals surface area contributed by atoms with E-state index in [4.69, 9.17) is 19.5 Å². The van der Waals surface area contributed by atoms with Gasteiger partial charge in [-0.3, -0.25) is 0 Å². The molecule has 1 unspecified atom stereocenters. The molecule has 0 bridgehead atoms. The molecule has 1 aromatic rings. The first-order chi connectivity index (χ1) is 10.2. The number of nitriles is 1. The van der Waals surface area contributed by atoms with Crippen molar-refractivity contribution in [1.29, 1.82) is 5.26 Å². The molecule has 0 aliphatic carbocycles. The van der Waals surface area contributed by atoms with Gasteiger partial charge in [-0.2, -0.15) is 5.26 Å². The summed E-state index contributed by atoms with van der Waals surface area (Å²) in [6.07, 6.45) is 3.18. The van der Waals surface area contributed by atoms with Crippen molar-refractivity contribution in [1.82, 2.24) is 0 Å². The van der Waals surface area contributed by atoms with Crippen molar-refractivity contribution in [3.05, 3.63) is 29.6 Å². The molecule has 0 N–H and O–H groups in total. The number of nitrogens with zero attached hydrogens (tertiary/aromatic N) is 1. The topological polar surface area (TPSA) is 51.5 Å². The molecule has 3 rings (SSSR count). The minimum absolute atomic E-state index is 0.0562. The standard InChI is InChI=1S/C16H18FNO3/c17-14-9-12(11-18)1-2-15(14)21-13-3-6-20-16(10-13)4-7-19-8-5-16/h1-2,9,13H,3-8,10H2. The Morgan fingerprint density at radius 3 is 2.81 bits per heavy atom. The van der Waals surface area contributed by atoms with Crippen LogP contribution in [-0.2, 0) is 9.47 Å². The molecule has 2 heterocycles. The molecule has 4 nitrogen and oxygen atoms in total. The van der Waals surface area contributed by atoms with Crippen molar-refractivity contribution in [2.24, 2.45) is 0 Å². The highest BCUT2D eigenvalue weighted by atomic mass is 19.1. The van der Waals surface area contributed by atoms with E-state index in [0.717, 1.165) is 25.7 Å². The first-order valence-electron chi connectivity index (χ1n) is 7.29. The van der Waals surface area contributed by atoms with Gasteiger partial charge in [0.1, 0.15) is 6.10 Å². The van der Waals surface area contributed by atoms with Gasteiger partial charge in [-0.25, -0.2) is 4.39 Å². The molecule has 2 aliphatic heterocycles. The second-order valence-corrected chi connectivity index (χ2v) is 5.63. The van der Waals surface area contributed by atoms with E-state index in [2.05, 4.69) is 0 Å². The van der Waals surface area contributed by atoms with Gasteiger partial charge < -0.3 is 14.2 Å². The normalized spacial score (nSPS) is 24.5. The summed E-state index contributed by atoms with van der Waals surface area (Å²) in [7, 11) is 0. The predicted octanol–water partition coefficient (Wildman–Crippen LogP) is 2.80. The van der Waals surface area contributed by atoms with E-state index in [1.165, 1.54) is 12.1 Å². The number of hydrogen-bond acceptors (Lipinski definition) is 4. The monoisotopic (exact) mass is 291 g/mol. The SMILES string of the molecule is N#Cc1ccc(OC2CCOC3(CCOCC3)C2)c(F)c1. The fourth-order valence-electron chi connectivity index (χ4n) is 3.02. The zero-order valence-electron chi connectivity index (χ0n) is 11.8. The van der Waals surface area contributed by atoms with Crippen LogP contribution in [0.3, 0.4) is 0 Å². The lowest BCUT2D eigenvalue weighted by molar-refractivity contribution is -0.155. The number of hydrogen-bond donors (Lipinski definition) is 0. The Bertz CT molecular complexity index is 543. The average Bonchev–Trinajstić information content (AvgIpc) is 2.50. The maximum absolute atomic E-state index is 13.9. The van der Waals surface area contributed by atoms with E-state index in [0.29, 0.717) is 25.4 Å². The van der Waals surface area contributed by atoms with Crippen LogP contribution in [0.25, 0.3) is 0 Å². The van der Waals surface area contributed by atoms with Crippen molar-refractivity contribution in [3.8, 4) is 11.8 Å². The lowest BCUT2D eigenvalue weighted by atomic mass is 9.85. The molecule has 2 saturated heterocycles. The molecule has 21 heavy (non-hydrogen) atoms. The molecular weight excluding hydrogens is 273 g/mol. The zero-order chi connectivity index (χ0) is 14.7. The minimum atomic E-state index is -0.485. The molecule has 1 aromatic carbocycles. The smallest absolute Gasteiger partial charge is 0.166 e. The maximum atomic E-state index is 13.9. The van der Waals surface area contributed by atoms with Crippen LogP contribution in [0.1, 0.15) is 31.2 Å². The third kappa shape index (κ3) is 3.17. The Hall–Kier alpha value is -1.64. The van der Waals surface area contributed by atoms with Gasteiger partial charge in [0.05, 0.1) is 23.8 Å². The number of rotatable bonds is 2. The van der Waals surface area contributed by atoms with Crippen LogP contribution in [0.5, 0.6) is 5.75 Å². The maximum Gasteiger partial charge on any atom is 0.166 e. The molecule has 1 atom stereocenters. The summed E-state index contributed by atoms with van der Waals surface area (Å²) in [5.74, 6) is -0.273. The van der Waals surface area contributed by atoms with Crippen LogP contribution in [-0.4, -0.2) is 31.5 Å². The number of benzene rings is 1. The highest BCUT2D eigenvalue weighted by Crippen LogP contribution is 2.36. The molecular formula is C16H18FNO3. The summed E-state index contributed by atoms with van der Waals surface area (Å²) in [5.41, 5.74) is 0.122. The molecule has 2 fully saturated rings. The Morgan fingerprint density at radius 1 is 1.29 bits per heavy atom. The van der Waals surface area contributed by atoms with E-state index in [9.17, 15) is 4.39 Å². The van der Waals surface area contributed by atoms with E-state index in [-0.39, 0.29) is 17.5 Å². The van der Waals surface area contributed by atoms with Gasteiger partial charge in [0, 0.05) is 26.1 Å². The zero-order valence-corrected chi connectivity index (χ0v) is 11.8. The van der Waals surface area contributed by atoms with Crippen molar-refractivity contribution in [3.63, 3.8) is 0 Å². The van der Waals surface area contributed by atoms with Crippen molar-refractivity contribution in [2.75, 3.05) is 19.8 Å². The van der Waals surface area contributed by atoms with Crippen LogP contribution in [0, 0.1) is 17.1 Å². The summed E-state index contributed by atoms with van der Waals surface area (Å²) < 4.78 is 31.0. The van der Waals surface area contributed by atoms with Crippen LogP contribution in [0.2, 0.25) is 0 Å². The molecule has 2 aliphatic rings. The molecule has 0 saturated carbocycles. The number of halogens is 1. The van der Waals surface area contributed by atoms with E-state index in [1.807, 2.05) is 6.07 Å². The van der Waals surface area contributed by atoms with Crippen molar-refractivity contribution >= 4 is 0 Å². The highest BCUT2D eigenvalue weighted by Gasteiger charge is 2.40. The van der Waals surface area contributed by atoms with E-state index < -0.39 is 5.82 Å². The predicted molar refractivity (Wildman–Crippen MR) is 73.5 cm³/mol. The quantitative estimate of drug-likeness (QED) is 0.840. The summed E-state index contributed by atoms with van der Waals surface area (Å²) in [5, 5.41) is 8.75.